The summed E-state index contributed by atoms with van der Waals surface area (Å²) in [6.07, 6.45) is 1.68. The van der Waals surface area contributed by atoms with Crippen molar-refractivity contribution in [2.24, 2.45) is 5.73 Å². The van der Waals surface area contributed by atoms with Crippen molar-refractivity contribution in [3.05, 3.63) is 46.8 Å². The van der Waals surface area contributed by atoms with Crippen molar-refractivity contribution in [1.82, 2.24) is 9.97 Å². The highest BCUT2D eigenvalue weighted by Gasteiger charge is 2.25. The maximum Gasteiger partial charge on any atom is 0.251 e. The first kappa shape index (κ1) is 19.8. The van der Waals surface area contributed by atoms with Gasteiger partial charge in [-0.2, -0.15) is 5.26 Å². The molecule has 3 aromatic rings. The molecule has 0 aliphatic carbocycles. The maximum absolute atomic E-state index is 12.4. The van der Waals surface area contributed by atoms with Gasteiger partial charge < -0.3 is 13.5 Å². The summed E-state index contributed by atoms with van der Waals surface area (Å²) in [5.74, 6) is 0.171. The lowest BCUT2D eigenvalue weighted by atomic mass is 9.92. The standard InChI is InChI=1S/C20H17IN4O3/c1-4-27-20-17-16(13-6-5-12(8-22)7-14(13)28-21)15(19(23)26)11(3)25-18(17)10(2)9-24-20/h5-7,9H,4H2,1-3H3,(H2,23,26). The van der Waals surface area contributed by atoms with Crippen LogP contribution in [0.5, 0.6) is 11.6 Å². The van der Waals surface area contributed by atoms with Gasteiger partial charge in [-0.3, -0.25) is 9.78 Å². The first-order chi connectivity index (χ1) is 13.4. The van der Waals surface area contributed by atoms with E-state index in [1.165, 1.54) is 0 Å². The SMILES string of the molecule is CCOc1ncc(C)c2nc(C)c(C(N)=O)c(-c3ccc(C#N)cc3OI)c12. The molecular weight excluding hydrogens is 471 g/mol. The number of primary amides is 1. The fourth-order valence-electron chi connectivity index (χ4n) is 3.16. The first-order valence-corrected chi connectivity index (χ1v) is 9.36. The molecule has 28 heavy (non-hydrogen) atoms. The van der Waals surface area contributed by atoms with Crippen molar-refractivity contribution in [2.45, 2.75) is 20.8 Å². The summed E-state index contributed by atoms with van der Waals surface area (Å²) in [6, 6.07) is 7.08. The predicted octanol–water partition coefficient (Wildman–Crippen LogP) is 4.01. The van der Waals surface area contributed by atoms with Gasteiger partial charge in [0.2, 0.25) is 5.88 Å². The molecule has 1 amide bonds. The number of aryl methyl sites for hydroxylation is 2. The molecule has 142 valence electrons. The molecule has 7 nitrogen and oxygen atoms in total. The third-order valence-electron chi connectivity index (χ3n) is 4.33. The van der Waals surface area contributed by atoms with E-state index >= 15 is 0 Å². The van der Waals surface area contributed by atoms with Crippen molar-refractivity contribution in [3.63, 3.8) is 0 Å². The number of nitrogens with zero attached hydrogens (tertiary/aromatic N) is 3. The summed E-state index contributed by atoms with van der Waals surface area (Å²) in [6.45, 7) is 5.87. The summed E-state index contributed by atoms with van der Waals surface area (Å²) in [4.78, 5) is 21.4. The average molecular weight is 488 g/mol. The molecule has 1 aromatic carbocycles. The number of rotatable bonds is 5. The summed E-state index contributed by atoms with van der Waals surface area (Å²) in [5, 5.41) is 9.79. The Morgan fingerprint density at radius 1 is 1.36 bits per heavy atom. The van der Waals surface area contributed by atoms with Crippen LogP contribution in [-0.2, 0) is 0 Å². The molecular formula is C20H17IN4O3. The lowest BCUT2D eigenvalue weighted by molar-refractivity contribution is 0.1000. The highest BCUT2D eigenvalue weighted by atomic mass is 127. The molecule has 0 unspecified atom stereocenters. The van der Waals surface area contributed by atoms with E-state index in [1.54, 1.807) is 54.3 Å². The fraction of sp³-hybridized carbons (Fsp3) is 0.200. The van der Waals surface area contributed by atoms with Gasteiger partial charge in [-0.25, -0.2) is 4.98 Å². The highest BCUT2D eigenvalue weighted by Crippen LogP contribution is 2.42. The van der Waals surface area contributed by atoms with Crippen LogP contribution in [0.4, 0.5) is 0 Å². The van der Waals surface area contributed by atoms with Crippen LogP contribution < -0.4 is 13.5 Å². The zero-order valence-corrected chi connectivity index (χ0v) is 17.7. The molecule has 0 radical (unpaired) electrons. The number of carbonyl (C=O) groups is 1. The number of carbonyl (C=O) groups excluding carboxylic acids is 1. The second-order valence-corrected chi connectivity index (χ2v) is 6.55. The smallest absolute Gasteiger partial charge is 0.251 e. The number of fused-ring (bicyclic) bond motifs is 1. The quantitative estimate of drug-likeness (QED) is 0.544. The number of nitrogens with two attached hydrogens (primary N) is 1. The Labute approximate surface area is 176 Å². The van der Waals surface area contributed by atoms with Crippen LogP contribution in [0.15, 0.2) is 24.4 Å². The van der Waals surface area contributed by atoms with Crippen LogP contribution in [-0.4, -0.2) is 22.5 Å². The molecule has 3 rings (SSSR count). The molecule has 2 aromatic heterocycles. The predicted molar refractivity (Wildman–Crippen MR) is 113 cm³/mol. The number of benzene rings is 1. The highest BCUT2D eigenvalue weighted by molar-refractivity contribution is 14.1. The van der Waals surface area contributed by atoms with E-state index in [-0.39, 0.29) is 5.56 Å². The maximum atomic E-state index is 12.4. The van der Waals surface area contributed by atoms with Gasteiger partial charge in [0, 0.05) is 17.3 Å². The van der Waals surface area contributed by atoms with Gasteiger partial charge in [0.05, 0.1) is 40.4 Å². The minimum absolute atomic E-state index is 0.264. The molecule has 0 aliphatic heterocycles. The molecule has 2 N–H and O–H groups in total. The van der Waals surface area contributed by atoms with Gasteiger partial charge in [0.1, 0.15) is 5.75 Å². The first-order valence-electron chi connectivity index (χ1n) is 8.48. The lowest BCUT2D eigenvalue weighted by Crippen LogP contribution is -2.16. The van der Waals surface area contributed by atoms with Crippen LogP contribution in [0.25, 0.3) is 22.0 Å². The van der Waals surface area contributed by atoms with Crippen LogP contribution >= 0.6 is 23.0 Å². The number of nitriles is 1. The number of halogens is 1. The van der Waals surface area contributed by atoms with Crippen LogP contribution in [0.3, 0.4) is 0 Å². The normalized spacial score (nSPS) is 10.5. The Bertz CT molecular complexity index is 1140. The number of pyridine rings is 2. The van der Waals surface area contributed by atoms with Gasteiger partial charge in [-0.15, -0.1) is 0 Å². The van der Waals surface area contributed by atoms with Gasteiger partial charge in [-0.05, 0) is 44.5 Å². The van der Waals surface area contributed by atoms with E-state index in [0.717, 1.165) is 5.56 Å². The molecule has 0 spiro atoms. The summed E-state index contributed by atoms with van der Waals surface area (Å²) in [7, 11) is 0. The van der Waals surface area contributed by atoms with Crippen LogP contribution in [0.2, 0.25) is 0 Å². The third kappa shape index (κ3) is 3.33. The number of hydrogen-bond acceptors (Lipinski definition) is 6. The number of ether oxygens (including phenoxy) is 1. The van der Waals surface area contributed by atoms with Crippen molar-refractivity contribution >= 4 is 39.8 Å². The molecule has 0 fully saturated rings. The topological polar surface area (TPSA) is 111 Å². The van der Waals surface area contributed by atoms with Gasteiger partial charge >= 0.3 is 0 Å². The van der Waals surface area contributed by atoms with Crippen molar-refractivity contribution in [3.8, 4) is 28.8 Å². The molecule has 0 atom stereocenters. The van der Waals surface area contributed by atoms with Crippen molar-refractivity contribution in [1.29, 1.82) is 5.26 Å². The minimum atomic E-state index is -0.616. The fourth-order valence-corrected chi connectivity index (χ4v) is 3.52. The Hall–Kier alpha value is -2.93. The van der Waals surface area contributed by atoms with Crippen molar-refractivity contribution in [2.75, 3.05) is 6.61 Å². The zero-order chi connectivity index (χ0) is 20.4. The summed E-state index contributed by atoms with van der Waals surface area (Å²) >= 11 is 1.74. The van der Waals surface area contributed by atoms with E-state index in [1.807, 2.05) is 13.8 Å². The Morgan fingerprint density at radius 3 is 2.71 bits per heavy atom. The summed E-state index contributed by atoms with van der Waals surface area (Å²) in [5.41, 5.74) is 9.55. The Balaban J connectivity index is 2.57. The third-order valence-corrected chi connectivity index (χ3v) is 4.81. The zero-order valence-electron chi connectivity index (χ0n) is 15.5. The van der Waals surface area contributed by atoms with Gasteiger partial charge in [-0.1, -0.05) is 0 Å². The molecule has 0 bridgehead atoms. The molecule has 0 saturated carbocycles. The van der Waals surface area contributed by atoms with Crippen LogP contribution in [0, 0.1) is 25.2 Å². The largest absolute Gasteiger partial charge is 0.477 e. The second-order valence-electron chi connectivity index (χ2n) is 6.11. The van der Waals surface area contributed by atoms with Gasteiger partial charge in [0.25, 0.3) is 5.91 Å². The summed E-state index contributed by atoms with van der Waals surface area (Å²) < 4.78 is 11.2. The van der Waals surface area contributed by atoms with E-state index < -0.39 is 5.91 Å². The van der Waals surface area contributed by atoms with E-state index in [0.29, 0.717) is 51.5 Å². The monoisotopic (exact) mass is 488 g/mol. The molecule has 0 saturated heterocycles. The number of hydrogen-bond donors (Lipinski definition) is 1. The van der Waals surface area contributed by atoms with E-state index in [9.17, 15) is 10.1 Å². The lowest BCUT2D eigenvalue weighted by Gasteiger charge is -2.18. The van der Waals surface area contributed by atoms with E-state index in [4.69, 9.17) is 13.5 Å². The average Bonchev–Trinajstić information content (AvgIpc) is 2.68. The minimum Gasteiger partial charge on any atom is -0.477 e. The van der Waals surface area contributed by atoms with Crippen molar-refractivity contribution < 1.29 is 12.6 Å². The Morgan fingerprint density at radius 2 is 2.11 bits per heavy atom. The second kappa shape index (κ2) is 7.98. The van der Waals surface area contributed by atoms with E-state index in [2.05, 4.69) is 16.0 Å². The molecule has 0 aliphatic rings. The molecule has 8 heteroatoms. The van der Waals surface area contributed by atoms with Crippen LogP contribution in [0.1, 0.15) is 34.1 Å². The molecule has 2 heterocycles. The number of amides is 1. The Kier molecular flexibility index (Phi) is 5.65. The number of aromatic nitrogens is 2. The van der Waals surface area contributed by atoms with Gasteiger partial charge in [0.15, 0.2) is 23.0 Å².